The average molecular weight is 412 g/mol. The second kappa shape index (κ2) is 9.22. The molecule has 0 fully saturated rings. The SMILES string of the molecule is CCC(F)(F)c1ccc(Oc2cccc3cc(C(=O)N[C@H](C)CCN)ccc23)cc1. The summed E-state index contributed by atoms with van der Waals surface area (Å²) in [4.78, 5) is 12.4. The Morgan fingerprint density at radius 3 is 2.53 bits per heavy atom. The van der Waals surface area contributed by atoms with Gasteiger partial charge in [-0.1, -0.05) is 19.1 Å². The molecular formula is C24H26F2N2O2. The number of alkyl halides is 2. The van der Waals surface area contributed by atoms with E-state index in [0.29, 0.717) is 30.0 Å². The number of ether oxygens (including phenoxy) is 1. The number of fused-ring (bicyclic) bond motifs is 1. The Bertz CT molecular complexity index is 1020. The van der Waals surface area contributed by atoms with Gasteiger partial charge in [0.2, 0.25) is 0 Å². The maximum atomic E-state index is 13.8. The molecule has 0 saturated carbocycles. The van der Waals surface area contributed by atoms with Crippen LogP contribution in [0, 0.1) is 0 Å². The molecule has 0 saturated heterocycles. The van der Waals surface area contributed by atoms with Crippen molar-refractivity contribution in [2.45, 2.75) is 38.7 Å². The minimum atomic E-state index is -2.85. The van der Waals surface area contributed by atoms with Crippen molar-refractivity contribution < 1.29 is 18.3 Å². The average Bonchev–Trinajstić information content (AvgIpc) is 2.74. The van der Waals surface area contributed by atoms with Gasteiger partial charge in [0.05, 0.1) is 0 Å². The highest BCUT2D eigenvalue weighted by atomic mass is 19.3. The van der Waals surface area contributed by atoms with Crippen molar-refractivity contribution in [2.75, 3.05) is 6.54 Å². The van der Waals surface area contributed by atoms with Crippen LogP contribution in [0.5, 0.6) is 11.5 Å². The Hall–Kier alpha value is -2.99. The normalized spacial score (nSPS) is 12.6. The van der Waals surface area contributed by atoms with Gasteiger partial charge >= 0.3 is 0 Å². The van der Waals surface area contributed by atoms with Crippen LogP contribution in [-0.2, 0) is 5.92 Å². The predicted molar refractivity (Wildman–Crippen MR) is 115 cm³/mol. The number of rotatable bonds is 8. The van der Waals surface area contributed by atoms with Crippen molar-refractivity contribution in [3.05, 3.63) is 71.8 Å². The number of nitrogens with one attached hydrogen (secondary N) is 1. The highest BCUT2D eigenvalue weighted by molar-refractivity contribution is 6.00. The molecule has 158 valence electrons. The summed E-state index contributed by atoms with van der Waals surface area (Å²) in [5.41, 5.74) is 6.05. The number of carbonyl (C=O) groups is 1. The third kappa shape index (κ3) is 4.94. The molecule has 3 N–H and O–H groups in total. The van der Waals surface area contributed by atoms with Crippen LogP contribution >= 0.6 is 0 Å². The van der Waals surface area contributed by atoms with Crippen LogP contribution in [-0.4, -0.2) is 18.5 Å². The highest BCUT2D eigenvalue weighted by Gasteiger charge is 2.28. The highest BCUT2D eigenvalue weighted by Crippen LogP contribution is 2.34. The van der Waals surface area contributed by atoms with Crippen molar-refractivity contribution in [2.24, 2.45) is 5.73 Å². The Morgan fingerprint density at radius 2 is 1.87 bits per heavy atom. The Kier molecular flexibility index (Phi) is 6.67. The Labute approximate surface area is 175 Å². The van der Waals surface area contributed by atoms with E-state index in [1.807, 2.05) is 25.1 Å². The van der Waals surface area contributed by atoms with Crippen molar-refractivity contribution in [1.29, 1.82) is 0 Å². The summed E-state index contributed by atoms with van der Waals surface area (Å²) in [6, 6.07) is 16.7. The molecule has 0 unspecified atom stereocenters. The lowest BCUT2D eigenvalue weighted by molar-refractivity contribution is -0.00831. The van der Waals surface area contributed by atoms with E-state index in [4.69, 9.17) is 10.5 Å². The second-order valence-corrected chi connectivity index (χ2v) is 7.33. The van der Waals surface area contributed by atoms with Crippen LogP contribution in [0.2, 0.25) is 0 Å². The van der Waals surface area contributed by atoms with Gasteiger partial charge in [0.1, 0.15) is 11.5 Å². The molecule has 1 atom stereocenters. The summed E-state index contributed by atoms with van der Waals surface area (Å²) in [5.74, 6) is -1.95. The van der Waals surface area contributed by atoms with E-state index in [-0.39, 0.29) is 23.9 Å². The summed E-state index contributed by atoms with van der Waals surface area (Å²) in [5, 5.41) is 4.60. The first-order valence-electron chi connectivity index (χ1n) is 10.0. The van der Waals surface area contributed by atoms with Gasteiger partial charge in [-0.3, -0.25) is 4.79 Å². The van der Waals surface area contributed by atoms with E-state index in [1.165, 1.54) is 19.1 Å². The zero-order valence-electron chi connectivity index (χ0n) is 17.1. The molecule has 0 aliphatic heterocycles. The molecule has 0 heterocycles. The standard InChI is InChI=1S/C24H26F2N2O2/c1-3-24(25,26)19-8-10-20(11-9-19)30-22-6-4-5-17-15-18(7-12-21(17)22)23(29)28-16(2)13-14-27/h4-12,15-16H,3,13-14,27H2,1-2H3,(H,28,29)/t16-/m1/s1. The Morgan fingerprint density at radius 1 is 1.13 bits per heavy atom. The zero-order valence-corrected chi connectivity index (χ0v) is 17.1. The molecule has 4 nitrogen and oxygen atoms in total. The van der Waals surface area contributed by atoms with Gasteiger partial charge in [-0.05, 0) is 73.8 Å². The minimum Gasteiger partial charge on any atom is -0.457 e. The van der Waals surface area contributed by atoms with E-state index >= 15 is 0 Å². The minimum absolute atomic E-state index is 0.00378. The fourth-order valence-corrected chi connectivity index (χ4v) is 3.21. The van der Waals surface area contributed by atoms with E-state index in [0.717, 1.165) is 10.8 Å². The summed E-state index contributed by atoms with van der Waals surface area (Å²) in [7, 11) is 0. The first-order valence-corrected chi connectivity index (χ1v) is 10.0. The van der Waals surface area contributed by atoms with Crippen LogP contribution < -0.4 is 15.8 Å². The maximum Gasteiger partial charge on any atom is 0.273 e. The smallest absolute Gasteiger partial charge is 0.273 e. The molecule has 6 heteroatoms. The lowest BCUT2D eigenvalue weighted by Gasteiger charge is -2.15. The van der Waals surface area contributed by atoms with E-state index in [9.17, 15) is 13.6 Å². The summed E-state index contributed by atoms with van der Waals surface area (Å²) < 4.78 is 33.5. The number of benzene rings is 3. The first-order chi connectivity index (χ1) is 14.3. The van der Waals surface area contributed by atoms with Crippen molar-refractivity contribution in [1.82, 2.24) is 5.32 Å². The third-order valence-electron chi connectivity index (χ3n) is 5.03. The van der Waals surface area contributed by atoms with Gasteiger partial charge in [-0.2, -0.15) is 0 Å². The van der Waals surface area contributed by atoms with Gasteiger partial charge in [-0.15, -0.1) is 0 Å². The van der Waals surface area contributed by atoms with Crippen LogP contribution in [0.1, 0.15) is 42.6 Å². The molecular weight excluding hydrogens is 386 g/mol. The van der Waals surface area contributed by atoms with Crippen LogP contribution in [0.3, 0.4) is 0 Å². The summed E-state index contributed by atoms with van der Waals surface area (Å²) in [6.45, 7) is 3.88. The molecule has 0 aromatic heterocycles. The molecule has 3 aromatic rings. The number of carbonyl (C=O) groups excluding carboxylic acids is 1. The van der Waals surface area contributed by atoms with E-state index in [1.54, 1.807) is 30.3 Å². The molecule has 0 spiro atoms. The van der Waals surface area contributed by atoms with E-state index in [2.05, 4.69) is 5.32 Å². The number of amides is 1. The fraction of sp³-hybridized carbons (Fsp3) is 0.292. The number of hydrogen-bond acceptors (Lipinski definition) is 3. The van der Waals surface area contributed by atoms with Gasteiger partial charge in [-0.25, -0.2) is 8.78 Å². The lowest BCUT2D eigenvalue weighted by Crippen LogP contribution is -2.34. The van der Waals surface area contributed by atoms with Gasteiger partial charge in [0.15, 0.2) is 0 Å². The zero-order chi connectivity index (χ0) is 21.7. The van der Waals surface area contributed by atoms with Gasteiger partial charge in [0, 0.05) is 29.0 Å². The molecule has 3 rings (SSSR count). The lowest BCUT2D eigenvalue weighted by atomic mass is 10.0. The summed E-state index contributed by atoms with van der Waals surface area (Å²) >= 11 is 0. The van der Waals surface area contributed by atoms with Crippen molar-refractivity contribution >= 4 is 16.7 Å². The number of hydrogen-bond donors (Lipinski definition) is 2. The van der Waals surface area contributed by atoms with Crippen molar-refractivity contribution in [3.63, 3.8) is 0 Å². The first kappa shape index (κ1) is 21.7. The monoisotopic (exact) mass is 412 g/mol. The number of nitrogens with two attached hydrogens (primary N) is 1. The second-order valence-electron chi connectivity index (χ2n) is 7.33. The topological polar surface area (TPSA) is 64.3 Å². The fourth-order valence-electron chi connectivity index (χ4n) is 3.21. The molecule has 0 aliphatic rings. The molecule has 0 radical (unpaired) electrons. The Balaban J connectivity index is 1.81. The van der Waals surface area contributed by atoms with Crippen LogP contribution in [0.15, 0.2) is 60.7 Å². The van der Waals surface area contributed by atoms with E-state index < -0.39 is 5.92 Å². The van der Waals surface area contributed by atoms with Gasteiger partial charge in [0.25, 0.3) is 11.8 Å². The number of halogens is 2. The summed E-state index contributed by atoms with van der Waals surface area (Å²) in [6.07, 6.45) is 0.456. The van der Waals surface area contributed by atoms with Crippen molar-refractivity contribution in [3.8, 4) is 11.5 Å². The maximum absolute atomic E-state index is 13.8. The molecule has 3 aromatic carbocycles. The van der Waals surface area contributed by atoms with Crippen LogP contribution in [0.4, 0.5) is 8.78 Å². The molecule has 0 aliphatic carbocycles. The third-order valence-corrected chi connectivity index (χ3v) is 5.03. The largest absolute Gasteiger partial charge is 0.457 e. The molecule has 30 heavy (non-hydrogen) atoms. The van der Waals surface area contributed by atoms with Gasteiger partial charge < -0.3 is 15.8 Å². The van der Waals surface area contributed by atoms with Crippen LogP contribution in [0.25, 0.3) is 10.8 Å². The molecule has 0 bridgehead atoms. The molecule has 1 amide bonds. The quantitative estimate of drug-likeness (QED) is 0.506. The predicted octanol–water partition coefficient (Wildman–Crippen LogP) is 5.60.